The number of benzene rings is 2. The van der Waals surface area contributed by atoms with Crippen LogP contribution < -0.4 is 4.74 Å². The molecular weight excluding hydrogens is 463 g/mol. The molecule has 1 saturated heterocycles. The van der Waals surface area contributed by atoms with E-state index in [-0.39, 0.29) is 16.0 Å². The summed E-state index contributed by atoms with van der Waals surface area (Å²) in [6.07, 6.45) is 1.12. The summed E-state index contributed by atoms with van der Waals surface area (Å²) in [6, 6.07) is 7.17. The van der Waals surface area contributed by atoms with E-state index >= 15 is 0 Å². The number of ether oxygens (including phenoxy) is 1. The van der Waals surface area contributed by atoms with Gasteiger partial charge in [0.15, 0.2) is 0 Å². The van der Waals surface area contributed by atoms with Crippen LogP contribution in [0, 0.1) is 20.8 Å². The largest absolute Gasteiger partial charge is 0.467 e. The topological polar surface area (TPSA) is 59.5 Å². The van der Waals surface area contributed by atoms with Crippen LogP contribution in [0.3, 0.4) is 0 Å². The molecule has 0 aliphatic carbocycles. The van der Waals surface area contributed by atoms with E-state index < -0.39 is 10.0 Å². The second-order valence-corrected chi connectivity index (χ2v) is 11.3. The third kappa shape index (κ3) is 4.06. The first-order chi connectivity index (χ1) is 14.2. The summed E-state index contributed by atoms with van der Waals surface area (Å²) < 4.78 is 34.9. The van der Waals surface area contributed by atoms with Crippen molar-refractivity contribution < 1.29 is 13.2 Å². The maximum atomic E-state index is 13.1. The number of thiazole rings is 1. The Labute approximate surface area is 190 Å². The van der Waals surface area contributed by atoms with E-state index in [1.54, 1.807) is 18.3 Å². The fourth-order valence-electron chi connectivity index (χ4n) is 3.59. The van der Waals surface area contributed by atoms with Gasteiger partial charge in [-0.1, -0.05) is 46.7 Å². The van der Waals surface area contributed by atoms with Crippen molar-refractivity contribution in [1.29, 1.82) is 0 Å². The lowest BCUT2D eigenvalue weighted by Gasteiger charge is -2.31. The summed E-state index contributed by atoms with van der Waals surface area (Å²) in [5, 5.41) is 1.23. The van der Waals surface area contributed by atoms with Crippen LogP contribution in [0.15, 0.2) is 29.2 Å². The first kappa shape index (κ1) is 21.8. The van der Waals surface area contributed by atoms with E-state index in [4.69, 9.17) is 27.9 Å². The lowest BCUT2D eigenvalue weighted by atomic mass is 10.1. The third-order valence-electron chi connectivity index (χ3n) is 5.42. The van der Waals surface area contributed by atoms with Gasteiger partial charge in [0.2, 0.25) is 10.0 Å². The van der Waals surface area contributed by atoms with Crippen LogP contribution in [0.2, 0.25) is 10.0 Å². The molecule has 0 saturated carbocycles. The molecule has 9 heteroatoms. The van der Waals surface area contributed by atoms with Crippen LogP contribution in [0.5, 0.6) is 5.19 Å². The van der Waals surface area contributed by atoms with Crippen molar-refractivity contribution in [2.75, 3.05) is 13.1 Å². The molecule has 0 atom stereocenters. The molecule has 0 N–H and O–H groups in total. The van der Waals surface area contributed by atoms with Crippen LogP contribution in [0.1, 0.15) is 29.5 Å². The highest BCUT2D eigenvalue weighted by Gasteiger charge is 2.32. The van der Waals surface area contributed by atoms with Gasteiger partial charge >= 0.3 is 0 Å². The number of halogens is 2. The van der Waals surface area contributed by atoms with Crippen LogP contribution in [-0.2, 0) is 10.0 Å². The minimum atomic E-state index is -3.69. The minimum Gasteiger partial charge on any atom is -0.467 e. The molecule has 1 fully saturated rings. The number of sulfonamides is 1. The quantitative estimate of drug-likeness (QED) is 0.472. The fourth-order valence-corrected chi connectivity index (χ4v) is 6.89. The molecule has 0 bridgehead atoms. The number of aryl methyl sites for hydroxylation is 3. The first-order valence-electron chi connectivity index (χ1n) is 9.66. The molecule has 5 nitrogen and oxygen atoms in total. The molecule has 0 spiro atoms. The zero-order valence-electron chi connectivity index (χ0n) is 16.9. The molecular formula is C21H22Cl2N2O3S2. The molecule has 4 rings (SSSR count). The van der Waals surface area contributed by atoms with Crippen molar-refractivity contribution >= 4 is 54.8 Å². The molecule has 1 aliphatic rings. The van der Waals surface area contributed by atoms with E-state index in [9.17, 15) is 8.42 Å². The summed E-state index contributed by atoms with van der Waals surface area (Å²) in [6.45, 7) is 6.61. The number of aromatic nitrogens is 1. The van der Waals surface area contributed by atoms with Crippen molar-refractivity contribution in [3.05, 3.63) is 51.0 Å². The molecule has 0 radical (unpaired) electrons. The smallest absolute Gasteiger partial charge is 0.274 e. The molecule has 2 aromatic carbocycles. The number of hydrogen-bond acceptors (Lipinski definition) is 5. The summed E-state index contributed by atoms with van der Waals surface area (Å²) in [4.78, 5) is 4.75. The normalized spacial score (nSPS) is 16.3. The maximum absolute atomic E-state index is 13.1. The van der Waals surface area contributed by atoms with E-state index in [2.05, 4.69) is 24.0 Å². The van der Waals surface area contributed by atoms with Crippen LogP contribution in [-0.4, -0.2) is 36.9 Å². The second-order valence-electron chi connectivity index (χ2n) is 7.61. The minimum absolute atomic E-state index is 0.0694. The zero-order chi connectivity index (χ0) is 21.6. The van der Waals surface area contributed by atoms with E-state index in [1.807, 2.05) is 6.92 Å². The van der Waals surface area contributed by atoms with Crippen molar-refractivity contribution in [2.24, 2.45) is 0 Å². The van der Waals surface area contributed by atoms with Gasteiger partial charge in [0.05, 0.1) is 15.2 Å². The predicted octanol–water partition coefficient (Wildman–Crippen LogP) is 5.76. The number of piperidine rings is 1. The Morgan fingerprint density at radius 3 is 2.37 bits per heavy atom. The van der Waals surface area contributed by atoms with Gasteiger partial charge in [-0.2, -0.15) is 4.31 Å². The van der Waals surface area contributed by atoms with E-state index in [0.717, 1.165) is 15.8 Å². The lowest BCUT2D eigenvalue weighted by molar-refractivity contribution is 0.135. The van der Waals surface area contributed by atoms with Gasteiger partial charge in [-0.15, -0.1) is 0 Å². The highest BCUT2D eigenvalue weighted by molar-refractivity contribution is 7.89. The van der Waals surface area contributed by atoms with E-state index in [1.165, 1.54) is 22.0 Å². The SMILES string of the molecule is Cc1cc(S(=O)(=O)N2CCC(Oc3nc4c(C)ccc(C)c4s3)CC2)c(Cl)cc1Cl. The monoisotopic (exact) mass is 484 g/mol. The molecule has 30 heavy (non-hydrogen) atoms. The van der Waals surface area contributed by atoms with Crippen molar-refractivity contribution in [1.82, 2.24) is 9.29 Å². The Morgan fingerprint density at radius 1 is 1.03 bits per heavy atom. The van der Waals surface area contributed by atoms with Gasteiger partial charge in [-0.05, 0) is 62.4 Å². The lowest BCUT2D eigenvalue weighted by Crippen LogP contribution is -2.41. The molecule has 160 valence electrons. The highest BCUT2D eigenvalue weighted by atomic mass is 35.5. The van der Waals surface area contributed by atoms with Crippen LogP contribution in [0.4, 0.5) is 0 Å². The average molecular weight is 485 g/mol. The van der Waals surface area contributed by atoms with E-state index in [0.29, 0.717) is 41.7 Å². The molecule has 1 aromatic heterocycles. The van der Waals surface area contributed by atoms with Gasteiger partial charge in [0, 0.05) is 18.1 Å². The third-order valence-corrected chi connectivity index (χ3v) is 9.27. The Kier molecular flexibility index (Phi) is 6.03. The van der Waals surface area contributed by atoms with Crippen molar-refractivity contribution in [2.45, 2.75) is 44.6 Å². The number of hydrogen-bond donors (Lipinski definition) is 0. The molecule has 1 aliphatic heterocycles. The van der Waals surface area contributed by atoms with Crippen LogP contribution >= 0.6 is 34.5 Å². The molecule has 3 aromatic rings. The van der Waals surface area contributed by atoms with Crippen molar-refractivity contribution in [3.63, 3.8) is 0 Å². The Morgan fingerprint density at radius 2 is 1.70 bits per heavy atom. The Balaban J connectivity index is 1.47. The first-order valence-corrected chi connectivity index (χ1v) is 12.7. The summed E-state index contributed by atoms with van der Waals surface area (Å²) in [7, 11) is -3.69. The summed E-state index contributed by atoms with van der Waals surface area (Å²) in [5.74, 6) is 0. The molecule has 2 heterocycles. The number of fused-ring (bicyclic) bond motifs is 1. The highest BCUT2D eigenvalue weighted by Crippen LogP contribution is 2.35. The van der Waals surface area contributed by atoms with Gasteiger partial charge in [0.1, 0.15) is 11.0 Å². The maximum Gasteiger partial charge on any atom is 0.274 e. The number of rotatable bonds is 4. The standard InChI is InChI=1S/C21H22Cl2N2O3S2/c1-12-4-5-13(2)20-19(12)24-21(29-20)28-15-6-8-25(9-7-15)30(26,27)18-10-14(3)16(22)11-17(18)23/h4-5,10-11,15H,6-9H2,1-3H3. The van der Waals surface area contributed by atoms with Gasteiger partial charge in [-0.25, -0.2) is 13.4 Å². The van der Waals surface area contributed by atoms with Crippen molar-refractivity contribution in [3.8, 4) is 5.19 Å². The Hall–Kier alpha value is -1.38. The zero-order valence-corrected chi connectivity index (χ0v) is 20.1. The predicted molar refractivity (Wildman–Crippen MR) is 123 cm³/mol. The average Bonchev–Trinajstić information content (AvgIpc) is 3.13. The van der Waals surface area contributed by atoms with Gasteiger partial charge in [0.25, 0.3) is 5.19 Å². The number of nitrogens with zero attached hydrogens (tertiary/aromatic N) is 2. The fraction of sp³-hybridized carbons (Fsp3) is 0.381. The Bertz CT molecular complexity index is 1180. The van der Waals surface area contributed by atoms with Crippen LogP contribution in [0.25, 0.3) is 10.2 Å². The molecule has 0 unspecified atom stereocenters. The summed E-state index contributed by atoms with van der Waals surface area (Å²) in [5.41, 5.74) is 3.96. The summed E-state index contributed by atoms with van der Waals surface area (Å²) >= 11 is 13.8. The van der Waals surface area contributed by atoms with Gasteiger partial charge < -0.3 is 4.74 Å². The van der Waals surface area contributed by atoms with Gasteiger partial charge in [-0.3, -0.25) is 0 Å². The second kappa shape index (κ2) is 8.28. The molecule has 0 amide bonds.